The molecule has 0 aliphatic carbocycles. The molecule has 3 aromatic rings. The minimum absolute atomic E-state index is 0.234. The van der Waals surface area contributed by atoms with Gasteiger partial charge >= 0.3 is 0 Å². The summed E-state index contributed by atoms with van der Waals surface area (Å²) < 4.78 is 50.2. The first-order valence-electron chi connectivity index (χ1n) is 7.99. The molecule has 1 aromatic heterocycles. The van der Waals surface area contributed by atoms with Crippen LogP contribution in [0.3, 0.4) is 0 Å². The third-order valence-electron chi connectivity index (χ3n) is 3.92. The Bertz CT molecular complexity index is 1030. The van der Waals surface area contributed by atoms with Crippen molar-refractivity contribution in [3.63, 3.8) is 0 Å². The highest BCUT2D eigenvalue weighted by Gasteiger charge is 2.18. The van der Waals surface area contributed by atoms with Crippen molar-refractivity contribution in [2.75, 3.05) is 19.5 Å². The molecule has 0 fully saturated rings. The van der Waals surface area contributed by atoms with Gasteiger partial charge in [-0.3, -0.25) is 10.1 Å². The average molecular weight is 408 g/mol. The number of nitrogens with zero attached hydrogens (tertiary/aromatic N) is 1. The fourth-order valence-electron chi connectivity index (χ4n) is 2.56. The predicted octanol–water partition coefficient (Wildman–Crippen LogP) is 4.81. The summed E-state index contributed by atoms with van der Waals surface area (Å²) in [4.78, 5) is 17.4. The van der Waals surface area contributed by atoms with E-state index in [1.807, 2.05) is 6.92 Å². The monoisotopic (exact) mass is 408 g/mol. The van der Waals surface area contributed by atoms with E-state index in [0.717, 1.165) is 10.4 Å². The Morgan fingerprint density at radius 2 is 1.68 bits per heavy atom. The molecule has 0 unspecified atom stereocenters. The van der Waals surface area contributed by atoms with Crippen LogP contribution in [-0.2, 0) is 0 Å². The van der Waals surface area contributed by atoms with Crippen molar-refractivity contribution in [2.45, 2.75) is 6.92 Å². The lowest BCUT2D eigenvalue weighted by Gasteiger charge is -2.08. The SMILES string of the molecule is COc1ccc(-c2nc(NC(=O)c3cc(F)c(F)c(F)c3)sc2C)cc1OC. The van der Waals surface area contributed by atoms with Crippen LogP contribution in [0.15, 0.2) is 30.3 Å². The normalized spacial score (nSPS) is 10.6. The molecule has 0 saturated carbocycles. The van der Waals surface area contributed by atoms with Gasteiger partial charge < -0.3 is 9.47 Å². The molecule has 0 atom stereocenters. The minimum atomic E-state index is -1.63. The van der Waals surface area contributed by atoms with Crippen LogP contribution in [0.5, 0.6) is 11.5 Å². The number of amides is 1. The second-order valence-corrected chi connectivity index (χ2v) is 6.90. The lowest BCUT2D eigenvalue weighted by atomic mass is 10.1. The first-order chi connectivity index (χ1) is 13.3. The summed E-state index contributed by atoms with van der Waals surface area (Å²) in [5.41, 5.74) is 1.00. The number of ether oxygens (including phenoxy) is 2. The predicted molar refractivity (Wildman–Crippen MR) is 99.7 cm³/mol. The number of nitrogens with one attached hydrogen (secondary N) is 1. The number of thiazole rings is 1. The zero-order chi connectivity index (χ0) is 20.4. The molecule has 1 amide bonds. The standard InChI is InChI=1S/C19H15F3N2O3S/c1-9-17(10-4-5-14(26-2)15(8-10)27-3)23-19(28-9)24-18(25)11-6-12(20)16(22)13(21)7-11/h4-8H,1-3H3,(H,23,24,25). The largest absolute Gasteiger partial charge is 0.493 e. The molecule has 2 aromatic carbocycles. The first-order valence-corrected chi connectivity index (χ1v) is 8.81. The molecule has 3 rings (SSSR count). The van der Waals surface area contributed by atoms with E-state index in [4.69, 9.17) is 9.47 Å². The second kappa shape index (κ2) is 7.89. The molecule has 0 aliphatic heterocycles. The number of anilines is 1. The maximum atomic E-state index is 13.3. The molecule has 1 N–H and O–H groups in total. The summed E-state index contributed by atoms with van der Waals surface area (Å²) in [6.45, 7) is 1.82. The van der Waals surface area contributed by atoms with E-state index in [1.165, 1.54) is 25.6 Å². The summed E-state index contributed by atoms with van der Waals surface area (Å²) in [5, 5.41) is 2.70. The minimum Gasteiger partial charge on any atom is -0.493 e. The van der Waals surface area contributed by atoms with E-state index in [9.17, 15) is 18.0 Å². The van der Waals surface area contributed by atoms with Crippen LogP contribution in [0.4, 0.5) is 18.3 Å². The van der Waals surface area contributed by atoms with Crippen LogP contribution in [0.25, 0.3) is 11.3 Å². The van der Waals surface area contributed by atoms with Gasteiger partial charge in [0, 0.05) is 16.0 Å². The van der Waals surface area contributed by atoms with E-state index in [2.05, 4.69) is 10.3 Å². The molecule has 0 bridgehead atoms. The van der Waals surface area contributed by atoms with E-state index in [-0.39, 0.29) is 10.7 Å². The highest BCUT2D eigenvalue weighted by molar-refractivity contribution is 7.16. The molecule has 9 heteroatoms. The van der Waals surface area contributed by atoms with E-state index >= 15 is 0 Å². The highest BCUT2D eigenvalue weighted by Crippen LogP contribution is 2.36. The van der Waals surface area contributed by atoms with E-state index in [1.54, 1.807) is 18.2 Å². The van der Waals surface area contributed by atoms with Crippen LogP contribution in [0.1, 0.15) is 15.2 Å². The van der Waals surface area contributed by atoms with E-state index < -0.39 is 23.4 Å². The quantitative estimate of drug-likeness (QED) is 0.616. The molecule has 1 heterocycles. The fourth-order valence-corrected chi connectivity index (χ4v) is 3.39. The Morgan fingerprint density at radius 3 is 2.29 bits per heavy atom. The van der Waals surface area contributed by atoms with Crippen molar-refractivity contribution in [2.24, 2.45) is 0 Å². The fraction of sp³-hybridized carbons (Fsp3) is 0.158. The van der Waals surface area contributed by atoms with Gasteiger partial charge in [-0.25, -0.2) is 18.2 Å². The van der Waals surface area contributed by atoms with Gasteiger partial charge in [0.05, 0.1) is 19.9 Å². The number of carbonyl (C=O) groups excluding carboxylic acids is 1. The first kappa shape index (κ1) is 19.7. The third-order valence-corrected chi connectivity index (χ3v) is 4.81. The molecule has 0 spiro atoms. The maximum Gasteiger partial charge on any atom is 0.257 e. The number of hydrogen-bond acceptors (Lipinski definition) is 5. The topological polar surface area (TPSA) is 60.5 Å². The molecular weight excluding hydrogens is 393 g/mol. The van der Waals surface area contributed by atoms with Crippen LogP contribution < -0.4 is 14.8 Å². The smallest absolute Gasteiger partial charge is 0.257 e. The summed E-state index contributed by atoms with van der Waals surface area (Å²) in [6.07, 6.45) is 0. The zero-order valence-electron chi connectivity index (χ0n) is 15.1. The van der Waals surface area contributed by atoms with Gasteiger partial charge in [0.15, 0.2) is 34.1 Å². The Labute approximate surface area is 162 Å². The molecule has 28 heavy (non-hydrogen) atoms. The van der Waals surface area contributed by atoms with Crippen LogP contribution in [0, 0.1) is 24.4 Å². The van der Waals surface area contributed by atoms with Gasteiger partial charge in [-0.1, -0.05) is 0 Å². The third kappa shape index (κ3) is 3.79. The summed E-state index contributed by atoms with van der Waals surface area (Å²) in [6, 6.07) is 6.53. The number of rotatable bonds is 5. The number of benzene rings is 2. The zero-order valence-corrected chi connectivity index (χ0v) is 15.9. The van der Waals surface area contributed by atoms with Crippen molar-refractivity contribution in [1.82, 2.24) is 4.98 Å². The van der Waals surface area contributed by atoms with Gasteiger partial charge in [-0.2, -0.15) is 0 Å². The van der Waals surface area contributed by atoms with E-state index in [0.29, 0.717) is 29.3 Å². The highest BCUT2D eigenvalue weighted by atomic mass is 32.1. The molecule has 0 saturated heterocycles. The van der Waals surface area contributed by atoms with Crippen molar-refractivity contribution >= 4 is 22.4 Å². The Balaban J connectivity index is 1.88. The molecule has 0 aliphatic rings. The summed E-state index contributed by atoms with van der Waals surface area (Å²) >= 11 is 1.19. The Hall–Kier alpha value is -3.07. The van der Waals surface area contributed by atoms with Gasteiger partial charge in [-0.15, -0.1) is 11.3 Å². The van der Waals surface area contributed by atoms with Crippen LogP contribution in [-0.4, -0.2) is 25.1 Å². The molecular formula is C19H15F3N2O3S. The number of halogens is 3. The summed E-state index contributed by atoms with van der Waals surface area (Å²) in [5.74, 6) is -4.22. The number of aromatic nitrogens is 1. The van der Waals surface area contributed by atoms with Crippen molar-refractivity contribution in [3.05, 3.63) is 58.2 Å². The molecule has 146 valence electrons. The lowest BCUT2D eigenvalue weighted by Crippen LogP contribution is -2.13. The second-order valence-electron chi connectivity index (χ2n) is 5.70. The number of carbonyl (C=O) groups is 1. The van der Waals surface area contributed by atoms with Gasteiger partial charge in [0.25, 0.3) is 5.91 Å². The van der Waals surface area contributed by atoms with Crippen molar-refractivity contribution in [1.29, 1.82) is 0 Å². The van der Waals surface area contributed by atoms with Crippen molar-refractivity contribution < 1.29 is 27.4 Å². The number of hydrogen-bond donors (Lipinski definition) is 1. The lowest BCUT2D eigenvalue weighted by molar-refractivity contribution is 0.102. The van der Waals surface area contributed by atoms with Crippen LogP contribution in [0.2, 0.25) is 0 Å². The Morgan fingerprint density at radius 1 is 1.04 bits per heavy atom. The number of methoxy groups -OCH3 is 2. The van der Waals surface area contributed by atoms with Gasteiger partial charge in [0.2, 0.25) is 0 Å². The maximum absolute atomic E-state index is 13.3. The average Bonchev–Trinajstić information content (AvgIpc) is 3.04. The van der Waals surface area contributed by atoms with Gasteiger partial charge in [-0.05, 0) is 37.3 Å². The van der Waals surface area contributed by atoms with Gasteiger partial charge in [0.1, 0.15) is 0 Å². The molecule has 5 nitrogen and oxygen atoms in total. The number of aryl methyl sites for hydroxylation is 1. The Kier molecular flexibility index (Phi) is 5.55. The molecule has 0 radical (unpaired) electrons. The van der Waals surface area contributed by atoms with Crippen LogP contribution >= 0.6 is 11.3 Å². The summed E-state index contributed by atoms with van der Waals surface area (Å²) in [7, 11) is 3.04. The van der Waals surface area contributed by atoms with Crippen molar-refractivity contribution in [3.8, 4) is 22.8 Å².